The molecule has 26 heavy (non-hydrogen) atoms. The van der Waals surface area contributed by atoms with E-state index in [0.717, 1.165) is 18.1 Å². The van der Waals surface area contributed by atoms with Crippen molar-refractivity contribution in [3.8, 4) is 0 Å². The summed E-state index contributed by atoms with van der Waals surface area (Å²) >= 11 is 0. The van der Waals surface area contributed by atoms with Crippen LogP contribution in [0.1, 0.15) is 64.4 Å². The van der Waals surface area contributed by atoms with Gasteiger partial charge in [0.05, 0.1) is 6.54 Å². The van der Waals surface area contributed by atoms with Gasteiger partial charge in [-0.05, 0) is 58.2 Å². The molecule has 0 radical (unpaired) electrons. The van der Waals surface area contributed by atoms with Crippen molar-refractivity contribution in [2.75, 3.05) is 6.54 Å². The second-order valence-corrected chi connectivity index (χ2v) is 7.78. The van der Waals surface area contributed by atoms with Gasteiger partial charge in [0.2, 0.25) is 0 Å². The minimum atomic E-state index is -0.250. The van der Waals surface area contributed by atoms with Crippen LogP contribution in [0.5, 0.6) is 0 Å². The maximum Gasteiger partial charge on any atom is 0.251 e. The predicted octanol–water partition coefficient (Wildman–Crippen LogP) is 3.93. The molecule has 6 heteroatoms. The van der Waals surface area contributed by atoms with Crippen molar-refractivity contribution >= 4 is 35.8 Å². The van der Waals surface area contributed by atoms with Crippen LogP contribution in [0.15, 0.2) is 29.3 Å². The van der Waals surface area contributed by atoms with Crippen LogP contribution in [0.3, 0.4) is 0 Å². The SMILES string of the molecule is CCNC(=NCc1cccc(C(=O)NC(C)(C)C)c1)NC(C)C(C)C.I. The normalized spacial score (nSPS) is 13.0. The molecule has 1 amide bonds. The highest BCUT2D eigenvalue weighted by Gasteiger charge is 2.15. The van der Waals surface area contributed by atoms with E-state index in [-0.39, 0.29) is 35.4 Å². The Morgan fingerprint density at radius 3 is 2.38 bits per heavy atom. The number of halogens is 1. The summed E-state index contributed by atoms with van der Waals surface area (Å²) in [6, 6.07) is 7.96. The molecule has 0 saturated carbocycles. The third-order valence-corrected chi connectivity index (χ3v) is 3.81. The van der Waals surface area contributed by atoms with Crippen molar-refractivity contribution in [1.82, 2.24) is 16.0 Å². The number of amides is 1. The Kier molecular flexibility index (Phi) is 10.8. The van der Waals surface area contributed by atoms with Gasteiger partial charge >= 0.3 is 0 Å². The monoisotopic (exact) mass is 474 g/mol. The molecule has 0 fully saturated rings. The highest BCUT2D eigenvalue weighted by molar-refractivity contribution is 14.0. The summed E-state index contributed by atoms with van der Waals surface area (Å²) in [4.78, 5) is 16.9. The first-order chi connectivity index (χ1) is 11.6. The number of hydrogen-bond acceptors (Lipinski definition) is 2. The number of carbonyl (C=O) groups is 1. The minimum absolute atomic E-state index is 0. The summed E-state index contributed by atoms with van der Waals surface area (Å²) in [6.07, 6.45) is 0. The molecule has 1 aromatic rings. The van der Waals surface area contributed by atoms with E-state index in [9.17, 15) is 4.79 Å². The number of carbonyl (C=O) groups excluding carboxylic acids is 1. The summed E-state index contributed by atoms with van der Waals surface area (Å²) in [7, 11) is 0. The Morgan fingerprint density at radius 2 is 1.85 bits per heavy atom. The van der Waals surface area contributed by atoms with Crippen molar-refractivity contribution in [1.29, 1.82) is 0 Å². The van der Waals surface area contributed by atoms with Crippen molar-refractivity contribution < 1.29 is 4.79 Å². The molecule has 0 heterocycles. The van der Waals surface area contributed by atoms with Crippen LogP contribution in [0, 0.1) is 5.92 Å². The Balaban J connectivity index is 0.00000625. The smallest absolute Gasteiger partial charge is 0.251 e. The lowest BCUT2D eigenvalue weighted by molar-refractivity contribution is 0.0919. The molecule has 1 unspecified atom stereocenters. The highest BCUT2D eigenvalue weighted by atomic mass is 127. The number of benzene rings is 1. The van der Waals surface area contributed by atoms with Crippen LogP contribution in [-0.2, 0) is 6.54 Å². The molecule has 0 saturated heterocycles. The van der Waals surface area contributed by atoms with Crippen LogP contribution >= 0.6 is 24.0 Å². The number of nitrogens with one attached hydrogen (secondary N) is 3. The second kappa shape index (κ2) is 11.4. The highest BCUT2D eigenvalue weighted by Crippen LogP contribution is 2.09. The van der Waals surface area contributed by atoms with Gasteiger partial charge in [0.25, 0.3) is 5.91 Å². The lowest BCUT2D eigenvalue weighted by Gasteiger charge is -2.21. The number of rotatable bonds is 6. The average Bonchev–Trinajstić information content (AvgIpc) is 2.51. The van der Waals surface area contributed by atoms with Crippen molar-refractivity contribution in [2.24, 2.45) is 10.9 Å². The van der Waals surface area contributed by atoms with E-state index in [1.165, 1.54) is 0 Å². The number of hydrogen-bond donors (Lipinski definition) is 3. The Morgan fingerprint density at radius 1 is 1.19 bits per heavy atom. The molecular formula is C20H35IN4O. The molecule has 148 valence electrons. The van der Waals surface area contributed by atoms with E-state index < -0.39 is 0 Å². The molecule has 0 aliphatic rings. The summed E-state index contributed by atoms with van der Waals surface area (Å²) in [5.41, 5.74) is 1.42. The van der Waals surface area contributed by atoms with E-state index >= 15 is 0 Å². The van der Waals surface area contributed by atoms with Gasteiger partial charge in [0.15, 0.2) is 5.96 Å². The zero-order valence-electron chi connectivity index (χ0n) is 17.1. The first-order valence-electron chi connectivity index (χ1n) is 9.08. The molecular weight excluding hydrogens is 439 g/mol. The predicted molar refractivity (Wildman–Crippen MR) is 121 cm³/mol. The topological polar surface area (TPSA) is 65.5 Å². The van der Waals surface area contributed by atoms with E-state index in [1.807, 2.05) is 45.0 Å². The van der Waals surface area contributed by atoms with Crippen LogP contribution in [0.25, 0.3) is 0 Å². The second-order valence-electron chi connectivity index (χ2n) is 7.78. The van der Waals surface area contributed by atoms with Crippen molar-refractivity contribution in [2.45, 2.75) is 66.6 Å². The summed E-state index contributed by atoms with van der Waals surface area (Å²) in [5.74, 6) is 1.26. The molecule has 0 aliphatic heterocycles. The van der Waals surface area contributed by atoms with Gasteiger partial charge in [0, 0.05) is 23.7 Å². The molecule has 1 aromatic carbocycles. The Labute approximate surface area is 175 Å². The first-order valence-corrected chi connectivity index (χ1v) is 9.08. The van der Waals surface area contributed by atoms with Gasteiger partial charge in [-0.25, -0.2) is 4.99 Å². The third kappa shape index (κ3) is 9.40. The fourth-order valence-electron chi connectivity index (χ4n) is 2.10. The van der Waals surface area contributed by atoms with Crippen LogP contribution in [0.4, 0.5) is 0 Å². The third-order valence-electron chi connectivity index (χ3n) is 3.81. The number of aliphatic imine (C=N–C) groups is 1. The maximum atomic E-state index is 12.3. The van der Waals surface area contributed by atoms with E-state index in [1.54, 1.807) is 0 Å². The minimum Gasteiger partial charge on any atom is -0.357 e. The Bertz CT molecular complexity index is 594. The Hall–Kier alpha value is -1.31. The molecule has 0 spiro atoms. The number of nitrogens with zero attached hydrogens (tertiary/aromatic N) is 1. The molecule has 0 bridgehead atoms. The molecule has 5 nitrogen and oxygen atoms in total. The lowest BCUT2D eigenvalue weighted by atomic mass is 10.1. The van der Waals surface area contributed by atoms with Crippen LogP contribution in [-0.4, -0.2) is 30.0 Å². The van der Waals surface area contributed by atoms with Crippen molar-refractivity contribution in [3.63, 3.8) is 0 Å². The van der Waals surface area contributed by atoms with Crippen LogP contribution < -0.4 is 16.0 Å². The van der Waals surface area contributed by atoms with Gasteiger partial charge in [-0.3, -0.25) is 4.79 Å². The van der Waals surface area contributed by atoms with Gasteiger partial charge < -0.3 is 16.0 Å². The van der Waals surface area contributed by atoms with E-state index in [4.69, 9.17) is 0 Å². The molecule has 0 aliphatic carbocycles. The largest absolute Gasteiger partial charge is 0.357 e. The fraction of sp³-hybridized carbons (Fsp3) is 0.600. The molecule has 1 atom stereocenters. The summed E-state index contributed by atoms with van der Waals surface area (Å²) < 4.78 is 0. The zero-order chi connectivity index (χ0) is 19.0. The quantitative estimate of drug-likeness (QED) is 0.333. The average molecular weight is 474 g/mol. The zero-order valence-corrected chi connectivity index (χ0v) is 19.5. The number of guanidine groups is 1. The van der Waals surface area contributed by atoms with Crippen molar-refractivity contribution in [3.05, 3.63) is 35.4 Å². The fourth-order valence-corrected chi connectivity index (χ4v) is 2.10. The standard InChI is InChI=1S/C20H34N4O.HI/c1-8-21-19(23-15(4)14(2)3)22-13-16-10-9-11-17(12-16)18(25)24-20(5,6)7;/h9-12,14-15H,8,13H2,1-7H3,(H,24,25)(H2,21,22,23);1H. The molecule has 1 rings (SSSR count). The molecule has 0 aromatic heterocycles. The summed E-state index contributed by atoms with van der Waals surface area (Å²) in [6.45, 7) is 15.8. The van der Waals surface area contributed by atoms with Gasteiger partial charge in [-0.15, -0.1) is 24.0 Å². The summed E-state index contributed by atoms with van der Waals surface area (Å²) in [5, 5.41) is 9.67. The van der Waals surface area contributed by atoms with E-state index in [2.05, 4.69) is 48.6 Å². The van der Waals surface area contributed by atoms with Crippen LogP contribution in [0.2, 0.25) is 0 Å². The lowest BCUT2D eigenvalue weighted by Crippen LogP contribution is -2.44. The van der Waals surface area contributed by atoms with Gasteiger partial charge in [-0.2, -0.15) is 0 Å². The molecule has 3 N–H and O–H groups in total. The maximum absolute atomic E-state index is 12.3. The van der Waals surface area contributed by atoms with E-state index in [0.29, 0.717) is 24.1 Å². The first kappa shape index (κ1) is 24.7. The van der Waals surface area contributed by atoms with Gasteiger partial charge in [0.1, 0.15) is 0 Å². The van der Waals surface area contributed by atoms with Gasteiger partial charge in [-0.1, -0.05) is 26.0 Å².